The molecule has 0 saturated carbocycles. The van der Waals surface area contributed by atoms with Gasteiger partial charge in [-0.3, -0.25) is 0 Å². The number of hydrogen-bond donors (Lipinski definition) is 2. The van der Waals surface area contributed by atoms with E-state index >= 15 is 0 Å². The van der Waals surface area contributed by atoms with Crippen molar-refractivity contribution in [2.45, 2.75) is 6.61 Å². The van der Waals surface area contributed by atoms with E-state index < -0.39 is 6.09 Å². The summed E-state index contributed by atoms with van der Waals surface area (Å²) in [6.07, 6.45) is -0.400. The van der Waals surface area contributed by atoms with E-state index in [-0.39, 0.29) is 0 Å². The number of nitrogens with one attached hydrogen (secondary N) is 1. The van der Waals surface area contributed by atoms with Crippen LogP contribution in [0.25, 0.3) is 0 Å². The summed E-state index contributed by atoms with van der Waals surface area (Å²) >= 11 is 3.96. The zero-order valence-corrected chi connectivity index (χ0v) is 8.67. The van der Waals surface area contributed by atoms with Gasteiger partial charge in [0.15, 0.2) is 0 Å². The highest BCUT2D eigenvalue weighted by atomic mass is 32.1. The van der Waals surface area contributed by atoms with Gasteiger partial charge in [-0.25, -0.2) is 4.79 Å². The normalized spacial score (nSPS) is 9.50. The van der Waals surface area contributed by atoms with E-state index in [1.54, 1.807) is 0 Å². The summed E-state index contributed by atoms with van der Waals surface area (Å²) in [6.45, 7) is 0.829. The van der Waals surface area contributed by atoms with Crippen molar-refractivity contribution in [3.63, 3.8) is 0 Å². The Morgan fingerprint density at radius 1 is 1.36 bits per heavy atom. The average Bonchev–Trinajstić information content (AvgIpc) is 2.25. The van der Waals surface area contributed by atoms with Gasteiger partial charge in [0.25, 0.3) is 0 Å². The van der Waals surface area contributed by atoms with Gasteiger partial charge in [-0.05, 0) is 5.56 Å². The lowest BCUT2D eigenvalue weighted by Crippen LogP contribution is -2.25. The van der Waals surface area contributed by atoms with Gasteiger partial charge < -0.3 is 10.1 Å². The van der Waals surface area contributed by atoms with Gasteiger partial charge in [0.2, 0.25) is 0 Å². The van der Waals surface area contributed by atoms with Crippen LogP contribution in [0.15, 0.2) is 30.3 Å². The molecule has 0 aliphatic rings. The van der Waals surface area contributed by atoms with Crippen LogP contribution in [0, 0.1) is 0 Å². The Morgan fingerprint density at radius 2 is 2.07 bits per heavy atom. The number of amides is 1. The summed E-state index contributed by atoms with van der Waals surface area (Å²) in [7, 11) is 0. The molecule has 0 spiro atoms. The molecule has 0 fully saturated rings. The Kier molecular flexibility index (Phi) is 4.93. The van der Waals surface area contributed by atoms with Crippen molar-refractivity contribution < 1.29 is 9.53 Å². The molecule has 1 amide bonds. The van der Waals surface area contributed by atoms with Crippen LogP contribution in [0.1, 0.15) is 5.56 Å². The predicted octanol–water partition coefficient (Wildman–Crippen LogP) is 1.84. The number of alkyl carbamates (subject to hydrolysis) is 1. The molecular formula is C10H13NO2S. The van der Waals surface area contributed by atoms with E-state index in [0.29, 0.717) is 18.9 Å². The molecule has 0 aromatic heterocycles. The van der Waals surface area contributed by atoms with Crippen molar-refractivity contribution >= 4 is 18.7 Å². The largest absolute Gasteiger partial charge is 0.445 e. The molecule has 3 nitrogen and oxygen atoms in total. The Balaban J connectivity index is 2.24. The Morgan fingerprint density at radius 3 is 2.71 bits per heavy atom. The third kappa shape index (κ3) is 4.18. The Bertz CT molecular complexity index is 277. The average molecular weight is 211 g/mol. The highest BCUT2D eigenvalue weighted by molar-refractivity contribution is 7.80. The third-order valence-corrected chi connectivity index (χ3v) is 1.82. The number of ether oxygens (including phenoxy) is 1. The molecule has 0 aliphatic carbocycles. The molecule has 0 saturated heterocycles. The molecule has 4 heteroatoms. The van der Waals surface area contributed by atoms with Gasteiger partial charge in [-0.15, -0.1) is 0 Å². The fourth-order valence-corrected chi connectivity index (χ4v) is 1.04. The Labute approximate surface area is 88.9 Å². The van der Waals surface area contributed by atoms with Crippen molar-refractivity contribution in [2.75, 3.05) is 12.3 Å². The minimum Gasteiger partial charge on any atom is -0.445 e. The molecule has 0 heterocycles. The number of rotatable bonds is 4. The maximum Gasteiger partial charge on any atom is 0.407 e. The lowest BCUT2D eigenvalue weighted by atomic mass is 10.2. The summed E-state index contributed by atoms with van der Waals surface area (Å²) in [5, 5.41) is 2.57. The van der Waals surface area contributed by atoms with Crippen LogP contribution >= 0.6 is 12.6 Å². The smallest absolute Gasteiger partial charge is 0.407 e. The maximum absolute atomic E-state index is 11.0. The minimum absolute atomic E-state index is 0.305. The first-order valence-electron chi connectivity index (χ1n) is 4.38. The lowest BCUT2D eigenvalue weighted by Gasteiger charge is -2.05. The van der Waals surface area contributed by atoms with Crippen molar-refractivity contribution in [3.8, 4) is 0 Å². The number of benzene rings is 1. The SMILES string of the molecule is O=C(NCCS)OCc1ccccc1. The van der Waals surface area contributed by atoms with Crippen LogP contribution in [-0.2, 0) is 11.3 Å². The standard InChI is InChI=1S/C10H13NO2S/c12-10(11-6-7-14)13-8-9-4-2-1-3-5-9/h1-5,14H,6-8H2,(H,11,12). The van der Waals surface area contributed by atoms with Crippen LogP contribution in [-0.4, -0.2) is 18.4 Å². The first kappa shape index (κ1) is 10.9. The van der Waals surface area contributed by atoms with Crippen molar-refractivity contribution in [2.24, 2.45) is 0 Å². The maximum atomic E-state index is 11.0. The topological polar surface area (TPSA) is 38.3 Å². The predicted molar refractivity (Wildman–Crippen MR) is 58.5 cm³/mol. The van der Waals surface area contributed by atoms with Gasteiger partial charge in [-0.2, -0.15) is 12.6 Å². The van der Waals surface area contributed by atoms with Gasteiger partial charge >= 0.3 is 6.09 Å². The van der Waals surface area contributed by atoms with Crippen molar-refractivity contribution in [1.82, 2.24) is 5.32 Å². The van der Waals surface area contributed by atoms with Gasteiger partial charge in [0.1, 0.15) is 6.61 Å². The zero-order valence-electron chi connectivity index (χ0n) is 7.77. The number of hydrogen-bond acceptors (Lipinski definition) is 3. The Hall–Kier alpha value is -1.16. The lowest BCUT2D eigenvalue weighted by molar-refractivity contribution is 0.140. The zero-order chi connectivity index (χ0) is 10.2. The molecule has 1 aromatic rings. The molecule has 0 aliphatic heterocycles. The van der Waals surface area contributed by atoms with Gasteiger partial charge in [0.05, 0.1) is 0 Å². The van der Waals surface area contributed by atoms with Crippen molar-refractivity contribution in [1.29, 1.82) is 0 Å². The van der Waals surface area contributed by atoms with Crippen molar-refractivity contribution in [3.05, 3.63) is 35.9 Å². The molecule has 0 atom stereocenters. The fraction of sp³-hybridized carbons (Fsp3) is 0.300. The highest BCUT2D eigenvalue weighted by Crippen LogP contribution is 2.00. The summed E-state index contributed by atoms with van der Waals surface area (Å²) in [6, 6.07) is 9.55. The van der Waals surface area contributed by atoms with Crippen LogP contribution in [0.2, 0.25) is 0 Å². The molecule has 1 N–H and O–H groups in total. The first-order valence-corrected chi connectivity index (χ1v) is 5.01. The second-order valence-electron chi connectivity index (χ2n) is 2.71. The summed E-state index contributed by atoms with van der Waals surface area (Å²) in [5.41, 5.74) is 0.980. The molecular weight excluding hydrogens is 198 g/mol. The monoisotopic (exact) mass is 211 g/mol. The number of carbonyl (C=O) groups is 1. The third-order valence-electron chi connectivity index (χ3n) is 1.59. The number of thiol groups is 1. The second-order valence-corrected chi connectivity index (χ2v) is 3.16. The summed E-state index contributed by atoms with van der Waals surface area (Å²) in [4.78, 5) is 11.0. The number of carbonyl (C=O) groups excluding carboxylic acids is 1. The van der Waals surface area contributed by atoms with Gasteiger partial charge in [0, 0.05) is 12.3 Å². The van der Waals surface area contributed by atoms with Gasteiger partial charge in [-0.1, -0.05) is 30.3 Å². The molecule has 0 unspecified atom stereocenters. The van der Waals surface area contributed by atoms with E-state index in [1.807, 2.05) is 30.3 Å². The van der Waals surface area contributed by atoms with E-state index in [0.717, 1.165) is 5.56 Å². The molecule has 1 aromatic carbocycles. The highest BCUT2D eigenvalue weighted by Gasteiger charge is 1.99. The molecule has 1 rings (SSSR count). The quantitative estimate of drug-likeness (QED) is 0.746. The first-order chi connectivity index (χ1) is 6.83. The summed E-state index contributed by atoms with van der Waals surface area (Å²) < 4.78 is 4.95. The van der Waals surface area contributed by atoms with Crippen LogP contribution in [0.4, 0.5) is 4.79 Å². The van der Waals surface area contributed by atoms with Crippen LogP contribution < -0.4 is 5.32 Å². The van der Waals surface area contributed by atoms with Crippen LogP contribution in [0.3, 0.4) is 0 Å². The molecule has 14 heavy (non-hydrogen) atoms. The summed E-state index contributed by atoms with van der Waals surface area (Å²) in [5.74, 6) is 0.612. The second kappa shape index (κ2) is 6.32. The molecule has 0 radical (unpaired) electrons. The van der Waals surface area contributed by atoms with E-state index in [2.05, 4.69) is 17.9 Å². The van der Waals surface area contributed by atoms with E-state index in [4.69, 9.17) is 4.74 Å². The fourth-order valence-electron chi connectivity index (χ4n) is 0.932. The molecule has 76 valence electrons. The molecule has 0 bridgehead atoms. The van der Waals surface area contributed by atoms with E-state index in [1.165, 1.54) is 0 Å². The van der Waals surface area contributed by atoms with Crippen LogP contribution in [0.5, 0.6) is 0 Å². The van der Waals surface area contributed by atoms with E-state index in [9.17, 15) is 4.79 Å². The minimum atomic E-state index is -0.400.